The van der Waals surface area contributed by atoms with Gasteiger partial charge in [0.15, 0.2) is 5.06 Å². The molecule has 1 heterocycles. The molecule has 2 rings (SSSR count). The Labute approximate surface area is 135 Å². The van der Waals surface area contributed by atoms with E-state index in [-0.39, 0.29) is 6.04 Å². The molecule has 7 heteroatoms. The van der Waals surface area contributed by atoms with Crippen molar-refractivity contribution in [1.29, 1.82) is 0 Å². The van der Waals surface area contributed by atoms with Crippen molar-refractivity contribution < 1.29 is 13.2 Å². The number of methoxy groups -OCH3 is 1. The maximum atomic E-state index is 11.3. The van der Waals surface area contributed by atoms with Gasteiger partial charge in [-0.15, -0.1) is 11.3 Å². The van der Waals surface area contributed by atoms with Crippen LogP contribution in [0.25, 0.3) is 0 Å². The third-order valence-corrected chi connectivity index (χ3v) is 4.76. The molecule has 22 heavy (non-hydrogen) atoms. The van der Waals surface area contributed by atoms with E-state index in [1.807, 2.05) is 37.3 Å². The van der Waals surface area contributed by atoms with Crippen LogP contribution in [0, 0.1) is 0 Å². The number of nitrogens with one attached hydrogen (secondary N) is 2. The second-order valence-corrected chi connectivity index (χ2v) is 7.91. The Kier molecular flexibility index (Phi) is 5.44. The molecule has 0 unspecified atom stereocenters. The third kappa shape index (κ3) is 5.01. The molecule has 0 spiro atoms. The minimum atomic E-state index is -3.26. The van der Waals surface area contributed by atoms with E-state index in [4.69, 9.17) is 4.74 Å². The van der Waals surface area contributed by atoms with Gasteiger partial charge >= 0.3 is 0 Å². The van der Waals surface area contributed by atoms with Crippen LogP contribution < -0.4 is 14.8 Å². The summed E-state index contributed by atoms with van der Waals surface area (Å²) in [5.41, 5.74) is 1.60. The molecule has 0 amide bonds. The van der Waals surface area contributed by atoms with Crippen LogP contribution in [0.5, 0.6) is 5.06 Å². The lowest BCUT2D eigenvalue weighted by atomic mass is 10.1. The van der Waals surface area contributed by atoms with Crippen molar-refractivity contribution in [1.82, 2.24) is 5.32 Å². The molecule has 0 aliphatic carbocycles. The molecule has 0 radical (unpaired) electrons. The van der Waals surface area contributed by atoms with Gasteiger partial charge in [0, 0.05) is 23.2 Å². The summed E-state index contributed by atoms with van der Waals surface area (Å²) in [6.45, 7) is 2.78. The van der Waals surface area contributed by atoms with Crippen molar-refractivity contribution >= 4 is 27.0 Å². The number of anilines is 1. The van der Waals surface area contributed by atoms with Gasteiger partial charge in [0.1, 0.15) is 0 Å². The van der Waals surface area contributed by atoms with Crippen molar-refractivity contribution in [2.75, 3.05) is 18.1 Å². The molecule has 120 valence electrons. The minimum absolute atomic E-state index is 0.106. The predicted molar refractivity (Wildman–Crippen MR) is 91.0 cm³/mol. The smallest absolute Gasteiger partial charge is 0.229 e. The van der Waals surface area contributed by atoms with Gasteiger partial charge in [-0.2, -0.15) is 0 Å². The van der Waals surface area contributed by atoms with Gasteiger partial charge in [-0.1, -0.05) is 12.1 Å². The maximum Gasteiger partial charge on any atom is 0.229 e. The summed E-state index contributed by atoms with van der Waals surface area (Å²) < 4.78 is 30.2. The Balaban J connectivity index is 1.99. The molecule has 5 nitrogen and oxygen atoms in total. The topological polar surface area (TPSA) is 67.4 Å². The molecule has 0 fully saturated rings. The van der Waals surface area contributed by atoms with E-state index in [9.17, 15) is 8.42 Å². The third-order valence-electron chi connectivity index (χ3n) is 3.11. The molecule has 1 aromatic heterocycles. The summed E-state index contributed by atoms with van der Waals surface area (Å²) in [6.07, 6.45) is 1.14. The van der Waals surface area contributed by atoms with Crippen molar-refractivity contribution in [3.05, 3.63) is 46.8 Å². The highest BCUT2D eigenvalue weighted by atomic mass is 32.2. The van der Waals surface area contributed by atoms with Crippen LogP contribution in [0.4, 0.5) is 5.69 Å². The molecule has 2 aromatic rings. The van der Waals surface area contributed by atoms with Gasteiger partial charge < -0.3 is 10.1 Å². The van der Waals surface area contributed by atoms with Crippen molar-refractivity contribution in [3.8, 4) is 5.06 Å². The molecular weight excluding hydrogens is 320 g/mol. The highest BCUT2D eigenvalue weighted by molar-refractivity contribution is 7.92. The first-order chi connectivity index (χ1) is 10.4. The summed E-state index contributed by atoms with van der Waals surface area (Å²) in [5, 5.41) is 4.31. The van der Waals surface area contributed by atoms with Crippen molar-refractivity contribution in [2.45, 2.75) is 19.5 Å². The van der Waals surface area contributed by atoms with Gasteiger partial charge in [0.05, 0.1) is 13.4 Å². The van der Waals surface area contributed by atoms with Crippen LogP contribution >= 0.6 is 11.3 Å². The summed E-state index contributed by atoms with van der Waals surface area (Å²) in [5.74, 6) is 0. The van der Waals surface area contributed by atoms with Crippen molar-refractivity contribution in [3.63, 3.8) is 0 Å². The first-order valence-electron chi connectivity index (χ1n) is 6.81. The van der Waals surface area contributed by atoms with Gasteiger partial charge in [-0.3, -0.25) is 4.72 Å². The molecule has 0 aliphatic heterocycles. The Bertz CT molecular complexity index is 726. The number of hydrogen-bond donors (Lipinski definition) is 2. The second-order valence-electron chi connectivity index (χ2n) is 5.03. The highest BCUT2D eigenvalue weighted by Crippen LogP contribution is 2.25. The predicted octanol–water partition coefficient (Wildman–Crippen LogP) is 2.98. The van der Waals surface area contributed by atoms with E-state index in [1.165, 1.54) is 4.88 Å². The van der Waals surface area contributed by atoms with E-state index in [2.05, 4.69) is 10.0 Å². The van der Waals surface area contributed by atoms with Gasteiger partial charge in [0.2, 0.25) is 10.0 Å². The molecular formula is C15H20N2O3S2. The first kappa shape index (κ1) is 16.8. The number of hydrogen-bond acceptors (Lipinski definition) is 5. The Morgan fingerprint density at radius 2 is 2.05 bits per heavy atom. The Morgan fingerprint density at radius 3 is 2.68 bits per heavy atom. The highest BCUT2D eigenvalue weighted by Gasteiger charge is 2.08. The molecule has 0 bridgehead atoms. The van der Waals surface area contributed by atoms with Gasteiger partial charge in [0.25, 0.3) is 0 Å². The zero-order valence-electron chi connectivity index (χ0n) is 12.8. The molecule has 1 aromatic carbocycles. The summed E-state index contributed by atoms with van der Waals surface area (Å²) in [7, 11) is -1.60. The lowest BCUT2D eigenvalue weighted by Gasteiger charge is -2.15. The quantitative estimate of drug-likeness (QED) is 0.813. The Morgan fingerprint density at radius 1 is 1.27 bits per heavy atom. The second kappa shape index (κ2) is 7.13. The number of ether oxygens (including phenoxy) is 1. The zero-order valence-corrected chi connectivity index (χ0v) is 14.4. The molecule has 0 saturated carbocycles. The summed E-state index contributed by atoms with van der Waals surface area (Å²) in [4.78, 5) is 1.19. The van der Waals surface area contributed by atoms with Crippen molar-refractivity contribution in [2.24, 2.45) is 0 Å². The molecule has 1 atom stereocenters. The fourth-order valence-electron chi connectivity index (χ4n) is 2.02. The number of rotatable bonds is 7. The largest absolute Gasteiger partial charge is 0.487 e. The minimum Gasteiger partial charge on any atom is -0.487 e. The van der Waals surface area contributed by atoms with Crippen LogP contribution in [-0.2, 0) is 16.6 Å². The molecule has 2 N–H and O–H groups in total. The summed E-state index contributed by atoms with van der Waals surface area (Å²) in [6, 6.07) is 11.5. The molecule has 0 saturated heterocycles. The van der Waals surface area contributed by atoms with E-state index >= 15 is 0 Å². The normalized spacial score (nSPS) is 12.9. The fourth-order valence-corrected chi connectivity index (χ4v) is 3.34. The van der Waals surface area contributed by atoms with Gasteiger partial charge in [-0.25, -0.2) is 8.42 Å². The lowest BCUT2D eigenvalue weighted by Crippen LogP contribution is -2.18. The standard InChI is InChI=1S/C15H20N2O3S2/c1-11(16-10-14-7-8-15(20-2)21-14)12-5-4-6-13(9-12)17-22(3,18)19/h4-9,11,16-17H,10H2,1-3H3/t11-/m1/s1. The van der Waals surface area contributed by atoms with E-state index in [0.717, 1.165) is 23.4 Å². The molecule has 0 aliphatic rings. The van der Waals surface area contributed by atoms with E-state index < -0.39 is 10.0 Å². The van der Waals surface area contributed by atoms with Crippen LogP contribution in [0.3, 0.4) is 0 Å². The van der Waals surface area contributed by atoms with E-state index in [0.29, 0.717) is 5.69 Å². The van der Waals surface area contributed by atoms with Crippen LogP contribution in [0.2, 0.25) is 0 Å². The van der Waals surface area contributed by atoms with Crippen LogP contribution in [-0.4, -0.2) is 21.8 Å². The van der Waals surface area contributed by atoms with Gasteiger partial charge in [-0.05, 0) is 36.8 Å². The fraction of sp³-hybridized carbons (Fsp3) is 0.333. The van der Waals surface area contributed by atoms with Crippen LogP contribution in [0.15, 0.2) is 36.4 Å². The average Bonchev–Trinajstić information content (AvgIpc) is 2.91. The lowest BCUT2D eigenvalue weighted by molar-refractivity contribution is 0.427. The first-order valence-corrected chi connectivity index (χ1v) is 9.52. The Hall–Kier alpha value is -1.57. The number of benzene rings is 1. The monoisotopic (exact) mass is 340 g/mol. The zero-order chi connectivity index (χ0) is 16.2. The average molecular weight is 340 g/mol. The maximum absolute atomic E-state index is 11.3. The van der Waals surface area contributed by atoms with Crippen LogP contribution in [0.1, 0.15) is 23.4 Å². The SMILES string of the molecule is COc1ccc(CN[C@H](C)c2cccc(NS(C)(=O)=O)c2)s1. The number of thiophene rings is 1. The van der Waals surface area contributed by atoms with E-state index in [1.54, 1.807) is 24.5 Å². The summed E-state index contributed by atoms with van der Waals surface area (Å²) >= 11 is 1.60. The number of sulfonamides is 1.